The van der Waals surface area contributed by atoms with Crippen molar-refractivity contribution in [3.63, 3.8) is 0 Å². The van der Waals surface area contributed by atoms with Gasteiger partial charge >= 0.3 is 0 Å². The van der Waals surface area contributed by atoms with E-state index in [2.05, 4.69) is 39.6 Å². The Bertz CT molecular complexity index is 409. The van der Waals surface area contributed by atoms with E-state index in [4.69, 9.17) is 9.47 Å². The first kappa shape index (κ1) is 24.1. The second-order valence-corrected chi connectivity index (χ2v) is 5.33. The first-order valence-electron chi connectivity index (χ1n) is 7.13. The van der Waals surface area contributed by atoms with Crippen LogP contribution in [0.15, 0.2) is 16.6 Å². The standard InChI is InChI=1S/C15H25BrN2O2.2ClH/c1-4-17-7-6-8-18-11-12-9-13(16)10-14(19-3)15(12)20-5-2;;/h9-10,17-18H,4-8,11H2,1-3H3;2*1H. The van der Waals surface area contributed by atoms with Gasteiger partial charge in [0, 0.05) is 16.6 Å². The largest absolute Gasteiger partial charge is 0.493 e. The molecule has 0 aromatic heterocycles. The summed E-state index contributed by atoms with van der Waals surface area (Å²) in [7, 11) is 1.66. The van der Waals surface area contributed by atoms with Gasteiger partial charge in [0.1, 0.15) is 0 Å². The third kappa shape index (κ3) is 8.44. The molecule has 1 aromatic carbocycles. The van der Waals surface area contributed by atoms with Gasteiger partial charge in [0.2, 0.25) is 0 Å². The summed E-state index contributed by atoms with van der Waals surface area (Å²) in [5, 5.41) is 6.76. The van der Waals surface area contributed by atoms with Crippen LogP contribution < -0.4 is 20.1 Å². The molecule has 2 N–H and O–H groups in total. The molecule has 0 unspecified atom stereocenters. The van der Waals surface area contributed by atoms with Crippen molar-refractivity contribution >= 4 is 40.7 Å². The van der Waals surface area contributed by atoms with Crippen LogP contribution in [-0.4, -0.2) is 33.4 Å². The third-order valence-electron chi connectivity index (χ3n) is 2.88. The maximum Gasteiger partial charge on any atom is 0.165 e. The number of benzene rings is 1. The minimum atomic E-state index is 0. The number of hydrogen-bond acceptors (Lipinski definition) is 4. The van der Waals surface area contributed by atoms with Gasteiger partial charge in [0.15, 0.2) is 11.5 Å². The van der Waals surface area contributed by atoms with Gasteiger partial charge in [0.25, 0.3) is 0 Å². The van der Waals surface area contributed by atoms with Crippen molar-refractivity contribution in [2.24, 2.45) is 0 Å². The van der Waals surface area contributed by atoms with E-state index in [9.17, 15) is 0 Å². The molecule has 1 aromatic rings. The van der Waals surface area contributed by atoms with Crippen LogP contribution >= 0.6 is 40.7 Å². The summed E-state index contributed by atoms with van der Waals surface area (Å²) in [6, 6.07) is 4.00. The number of methoxy groups -OCH3 is 1. The van der Waals surface area contributed by atoms with Crippen molar-refractivity contribution in [1.29, 1.82) is 0 Å². The van der Waals surface area contributed by atoms with Crippen molar-refractivity contribution in [2.45, 2.75) is 26.8 Å². The molecule has 0 aliphatic rings. The van der Waals surface area contributed by atoms with E-state index in [1.165, 1.54) is 0 Å². The predicted octanol–water partition coefficient (Wildman–Crippen LogP) is 3.79. The summed E-state index contributed by atoms with van der Waals surface area (Å²) in [5.74, 6) is 1.60. The molecular formula is C15H27BrCl2N2O2. The summed E-state index contributed by atoms with van der Waals surface area (Å²) < 4.78 is 12.1. The van der Waals surface area contributed by atoms with Crippen molar-refractivity contribution < 1.29 is 9.47 Å². The van der Waals surface area contributed by atoms with Crippen molar-refractivity contribution in [3.05, 3.63) is 22.2 Å². The van der Waals surface area contributed by atoms with Crippen LogP contribution in [0.3, 0.4) is 0 Å². The molecule has 0 heterocycles. The van der Waals surface area contributed by atoms with E-state index in [-0.39, 0.29) is 24.8 Å². The van der Waals surface area contributed by atoms with E-state index in [1.54, 1.807) is 7.11 Å². The molecule has 22 heavy (non-hydrogen) atoms. The zero-order chi connectivity index (χ0) is 14.8. The van der Waals surface area contributed by atoms with Crippen molar-refractivity contribution in [1.82, 2.24) is 10.6 Å². The van der Waals surface area contributed by atoms with Crippen LogP contribution in [0.5, 0.6) is 11.5 Å². The molecule has 7 heteroatoms. The Morgan fingerprint density at radius 3 is 2.36 bits per heavy atom. The number of nitrogens with one attached hydrogen (secondary N) is 2. The minimum Gasteiger partial charge on any atom is -0.493 e. The van der Waals surface area contributed by atoms with Crippen molar-refractivity contribution in [3.8, 4) is 11.5 Å². The van der Waals surface area contributed by atoms with Gasteiger partial charge in [-0.25, -0.2) is 0 Å². The second kappa shape index (κ2) is 14.4. The van der Waals surface area contributed by atoms with E-state index in [0.717, 1.165) is 54.1 Å². The SMILES string of the molecule is CCNCCCNCc1cc(Br)cc(OC)c1OCC.Cl.Cl. The first-order chi connectivity index (χ1) is 9.72. The number of halogens is 3. The Kier molecular flexibility index (Phi) is 15.7. The summed E-state index contributed by atoms with van der Waals surface area (Å²) in [5.41, 5.74) is 1.11. The summed E-state index contributed by atoms with van der Waals surface area (Å²) in [6.07, 6.45) is 1.11. The number of hydrogen-bond donors (Lipinski definition) is 2. The Morgan fingerprint density at radius 2 is 1.77 bits per heavy atom. The quantitative estimate of drug-likeness (QED) is 0.568. The van der Waals surface area contributed by atoms with Gasteiger partial charge in [-0.3, -0.25) is 0 Å². The first-order valence-corrected chi connectivity index (χ1v) is 7.92. The molecule has 0 aliphatic carbocycles. The van der Waals surface area contributed by atoms with E-state index in [0.29, 0.717) is 6.61 Å². The molecular weight excluding hydrogens is 391 g/mol. The van der Waals surface area contributed by atoms with Crippen LogP contribution in [0.1, 0.15) is 25.8 Å². The summed E-state index contributed by atoms with van der Waals surface area (Å²) in [6.45, 7) is 8.56. The van der Waals surface area contributed by atoms with Crippen LogP contribution in [0.4, 0.5) is 0 Å². The molecule has 1 rings (SSSR count). The smallest absolute Gasteiger partial charge is 0.165 e. The fourth-order valence-electron chi connectivity index (χ4n) is 1.95. The van der Waals surface area contributed by atoms with Gasteiger partial charge in [-0.05, 0) is 45.1 Å². The Labute approximate surface area is 154 Å². The Morgan fingerprint density at radius 1 is 1.09 bits per heavy atom. The molecule has 4 nitrogen and oxygen atoms in total. The molecule has 0 aliphatic heterocycles. The molecule has 0 radical (unpaired) electrons. The van der Waals surface area contributed by atoms with Crippen LogP contribution in [-0.2, 0) is 6.54 Å². The van der Waals surface area contributed by atoms with Crippen LogP contribution in [0.2, 0.25) is 0 Å². The van der Waals surface area contributed by atoms with E-state index in [1.807, 2.05) is 13.0 Å². The zero-order valence-corrected chi connectivity index (χ0v) is 16.6. The zero-order valence-electron chi connectivity index (χ0n) is 13.4. The average Bonchev–Trinajstić information content (AvgIpc) is 2.45. The van der Waals surface area contributed by atoms with Gasteiger partial charge in [-0.15, -0.1) is 24.8 Å². The maximum atomic E-state index is 5.71. The Balaban J connectivity index is 0. The summed E-state index contributed by atoms with van der Waals surface area (Å²) >= 11 is 3.51. The lowest BCUT2D eigenvalue weighted by molar-refractivity contribution is 0.306. The van der Waals surface area contributed by atoms with E-state index >= 15 is 0 Å². The fourth-order valence-corrected chi connectivity index (χ4v) is 2.44. The van der Waals surface area contributed by atoms with Crippen LogP contribution in [0, 0.1) is 0 Å². The number of rotatable bonds is 10. The molecule has 0 spiro atoms. The molecule has 130 valence electrons. The lowest BCUT2D eigenvalue weighted by Crippen LogP contribution is -2.21. The molecule has 0 amide bonds. The highest BCUT2D eigenvalue weighted by atomic mass is 79.9. The van der Waals surface area contributed by atoms with Gasteiger partial charge in [-0.2, -0.15) is 0 Å². The minimum absolute atomic E-state index is 0. The maximum absolute atomic E-state index is 5.71. The van der Waals surface area contributed by atoms with Gasteiger partial charge in [-0.1, -0.05) is 22.9 Å². The highest BCUT2D eigenvalue weighted by Crippen LogP contribution is 2.34. The fraction of sp³-hybridized carbons (Fsp3) is 0.600. The highest BCUT2D eigenvalue weighted by molar-refractivity contribution is 9.10. The van der Waals surface area contributed by atoms with Gasteiger partial charge in [0.05, 0.1) is 13.7 Å². The average molecular weight is 418 g/mol. The molecule has 0 saturated carbocycles. The predicted molar refractivity (Wildman–Crippen MR) is 101 cm³/mol. The monoisotopic (exact) mass is 416 g/mol. The topological polar surface area (TPSA) is 42.5 Å². The number of ether oxygens (including phenoxy) is 2. The molecule has 0 fully saturated rings. The van der Waals surface area contributed by atoms with E-state index < -0.39 is 0 Å². The van der Waals surface area contributed by atoms with Crippen LogP contribution in [0.25, 0.3) is 0 Å². The summed E-state index contributed by atoms with van der Waals surface area (Å²) in [4.78, 5) is 0. The lowest BCUT2D eigenvalue weighted by atomic mass is 10.2. The Hall–Kier alpha value is -0.200. The van der Waals surface area contributed by atoms with Gasteiger partial charge < -0.3 is 20.1 Å². The molecule has 0 bridgehead atoms. The van der Waals surface area contributed by atoms with Crippen molar-refractivity contribution in [2.75, 3.05) is 33.4 Å². The molecule has 0 atom stereocenters. The second-order valence-electron chi connectivity index (χ2n) is 4.41. The normalized spacial score (nSPS) is 9.64. The highest BCUT2D eigenvalue weighted by Gasteiger charge is 2.11. The molecule has 0 saturated heterocycles. The third-order valence-corrected chi connectivity index (χ3v) is 3.34. The lowest BCUT2D eigenvalue weighted by Gasteiger charge is -2.15.